The van der Waals surface area contributed by atoms with E-state index in [-0.39, 0.29) is 29.0 Å². The zero-order valence-corrected chi connectivity index (χ0v) is 26.6. The molecule has 0 aliphatic heterocycles. The number of halogens is 1. The Morgan fingerprint density at radius 1 is 1.00 bits per heavy atom. The maximum Gasteiger partial charge on any atom is 0.264 e. The Morgan fingerprint density at radius 3 is 2.29 bits per heavy atom. The average molecular weight is 614 g/mol. The van der Waals surface area contributed by atoms with Crippen molar-refractivity contribution in [3.8, 4) is 5.75 Å². The quantitative estimate of drug-likeness (QED) is 0.265. The molecule has 0 bridgehead atoms. The second-order valence-electron chi connectivity index (χ2n) is 10.7. The normalized spacial score (nSPS) is 12.1. The molecule has 3 rings (SSSR count). The Hall–Kier alpha value is -3.56. The van der Waals surface area contributed by atoms with Crippen molar-refractivity contribution in [1.82, 2.24) is 10.2 Å². The third kappa shape index (κ3) is 8.26. The first-order valence-electron chi connectivity index (χ1n) is 13.9. The van der Waals surface area contributed by atoms with Gasteiger partial charge in [-0.05, 0) is 73.7 Å². The molecule has 3 aromatic rings. The van der Waals surface area contributed by atoms with Gasteiger partial charge in [0.2, 0.25) is 11.8 Å². The first-order valence-corrected chi connectivity index (χ1v) is 15.7. The summed E-state index contributed by atoms with van der Waals surface area (Å²) in [5, 5.41) is 3.30. The van der Waals surface area contributed by atoms with E-state index < -0.39 is 28.5 Å². The summed E-state index contributed by atoms with van der Waals surface area (Å²) in [5.41, 5.74) is 2.66. The molecule has 0 unspecified atom stereocenters. The van der Waals surface area contributed by atoms with E-state index in [4.69, 9.17) is 16.3 Å². The molecular formula is C32H40ClN3O5S. The van der Waals surface area contributed by atoms with Gasteiger partial charge >= 0.3 is 0 Å². The van der Waals surface area contributed by atoms with Crippen molar-refractivity contribution in [3.63, 3.8) is 0 Å². The predicted octanol–water partition coefficient (Wildman–Crippen LogP) is 5.74. The molecule has 10 heteroatoms. The fraction of sp³-hybridized carbons (Fsp3) is 0.375. The van der Waals surface area contributed by atoms with E-state index in [1.165, 1.54) is 23.1 Å². The predicted molar refractivity (Wildman–Crippen MR) is 167 cm³/mol. The van der Waals surface area contributed by atoms with E-state index in [2.05, 4.69) is 5.32 Å². The maximum absolute atomic E-state index is 14.2. The third-order valence-electron chi connectivity index (χ3n) is 6.89. The Kier molecular flexibility index (Phi) is 11.4. The number of anilines is 1. The highest BCUT2D eigenvalue weighted by Crippen LogP contribution is 2.29. The van der Waals surface area contributed by atoms with E-state index >= 15 is 0 Å². The van der Waals surface area contributed by atoms with E-state index in [9.17, 15) is 18.0 Å². The van der Waals surface area contributed by atoms with Gasteiger partial charge in [0, 0.05) is 18.1 Å². The second kappa shape index (κ2) is 14.6. The van der Waals surface area contributed by atoms with E-state index in [1.807, 2.05) is 40.7 Å². The molecule has 0 aliphatic rings. The van der Waals surface area contributed by atoms with Crippen molar-refractivity contribution >= 4 is 39.1 Å². The summed E-state index contributed by atoms with van der Waals surface area (Å²) in [6.07, 6.45) is 0.334. The number of methoxy groups -OCH3 is 1. The second-order valence-corrected chi connectivity index (χ2v) is 13.0. The van der Waals surface area contributed by atoms with Gasteiger partial charge in [-0.15, -0.1) is 0 Å². The summed E-state index contributed by atoms with van der Waals surface area (Å²) in [6, 6.07) is 17.7. The lowest BCUT2D eigenvalue weighted by atomic mass is 10.1. The van der Waals surface area contributed by atoms with Gasteiger partial charge in [-0.1, -0.05) is 68.3 Å². The third-order valence-corrected chi connectivity index (χ3v) is 9.08. The molecule has 2 amide bonds. The van der Waals surface area contributed by atoms with Gasteiger partial charge in [0.1, 0.15) is 18.3 Å². The van der Waals surface area contributed by atoms with Crippen LogP contribution in [0.3, 0.4) is 0 Å². The highest BCUT2D eigenvalue weighted by molar-refractivity contribution is 7.92. The molecule has 0 aliphatic carbocycles. The molecule has 1 atom stereocenters. The number of nitrogens with one attached hydrogen (secondary N) is 1. The van der Waals surface area contributed by atoms with Gasteiger partial charge < -0.3 is 15.0 Å². The van der Waals surface area contributed by atoms with Crippen molar-refractivity contribution in [2.24, 2.45) is 5.92 Å². The van der Waals surface area contributed by atoms with Gasteiger partial charge in [0.25, 0.3) is 10.0 Å². The molecule has 0 heterocycles. The lowest BCUT2D eigenvalue weighted by Crippen LogP contribution is -2.52. The minimum absolute atomic E-state index is 0.0404. The zero-order valence-electron chi connectivity index (χ0n) is 25.1. The molecule has 0 aromatic heterocycles. The number of aryl methyl sites for hydroxylation is 2. The van der Waals surface area contributed by atoms with Crippen LogP contribution in [-0.4, -0.2) is 51.4 Å². The van der Waals surface area contributed by atoms with E-state index in [1.54, 1.807) is 49.6 Å². The van der Waals surface area contributed by atoms with Gasteiger partial charge in [0.15, 0.2) is 0 Å². The number of benzene rings is 3. The summed E-state index contributed by atoms with van der Waals surface area (Å²) in [5.74, 6) is -0.00369. The van der Waals surface area contributed by atoms with Gasteiger partial charge in [-0.2, -0.15) is 0 Å². The van der Waals surface area contributed by atoms with Crippen LogP contribution in [0, 0.1) is 19.8 Å². The molecule has 0 spiro atoms. The number of sulfonamides is 1. The van der Waals surface area contributed by atoms with Crippen LogP contribution in [0.15, 0.2) is 71.6 Å². The van der Waals surface area contributed by atoms with Gasteiger partial charge in [-0.3, -0.25) is 13.9 Å². The summed E-state index contributed by atoms with van der Waals surface area (Å²) in [4.78, 5) is 29.0. The van der Waals surface area contributed by atoms with Crippen molar-refractivity contribution in [2.75, 3.05) is 24.5 Å². The van der Waals surface area contributed by atoms with Crippen molar-refractivity contribution < 1.29 is 22.7 Å². The van der Waals surface area contributed by atoms with Crippen molar-refractivity contribution in [3.05, 3.63) is 88.4 Å². The smallest absolute Gasteiger partial charge is 0.264 e. The van der Waals surface area contributed by atoms with Crippen LogP contribution in [0.25, 0.3) is 0 Å². The average Bonchev–Trinajstić information content (AvgIpc) is 2.96. The molecule has 0 fully saturated rings. The first kappa shape index (κ1) is 32.9. The van der Waals surface area contributed by atoms with Crippen molar-refractivity contribution in [1.29, 1.82) is 0 Å². The number of hydrogen-bond donors (Lipinski definition) is 1. The number of amides is 2. The van der Waals surface area contributed by atoms with Crippen LogP contribution < -0.4 is 14.4 Å². The number of hydrogen-bond acceptors (Lipinski definition) is 5. The molecule has 226 valence electrons. The Balaban J connectivity index is 2.08. The Bertz CT molecular complexity index is 1490. The van der Waals surface area contributed by atoms with Crippen LogP contribution in [0.4, 0.5) is 5.69 Å². The topological polar surface area (TPSA) is 96.0 Å². The minimum atomic E-state index is -4.18. The van der Waals surface area contributed by atoms with E-state index in [0.29, 0.717) is 23.7 Å². The van der Waals surface area contributed by atoms with Gasteiger partial charge in [-0.25, -0.2) is 8.42 Å². The van der Waals surface area contributed by atoms with Crippen LogP contribution in [0.5, 0.6) is 5.75 Å². The highest BCUT2D eigenvalue weighted by Gasteiger charge is 2.34. The summed E-state index contributed by atoms with van der Waals surface area (Å²) in [6.45, 7) is 9.47. The Labute approximate surface area is 254 Å². The number of nitrogens with zero attached hydrogens (tertiary/aromatic N) is 2. The summed E-state index contributed by atoms with van der Waals surface area (Å²) in [7, 11) is -2.63. The molecular weight excluding hydrogens is 574 g/mol. The van der Waals surface area contributed by atoms with E-state index in [0.717, 1.165) is 21.0 Å². The molecule has 42 heavy (non-hydrogen) atoms. The zero-order chi connectivity index (χ0) is 31.0. The largest absolute Gasteiger partial charge is 0.497 e. The molecule has 1 N–H and O–H groups in total. The molecule has 0 saturated heterocycles. The number of rotatable bonds is 13. The lowest BCUT2D eigenvalue weighted by Gasteiger charge is -2.33. The first-order chi connectivity index (χ1) is 19.9. The van der Waals surface area contributed by atoms with Crippen molar-refractivity contribution in [2.45, 2.75) is 58.5 Å². The van der Waals surface area contributed by atoms with Crippen LogP contribution in [-0.2, 0) is 26.2 Å². The monoisotopic (exact) mass is 613 g/mol. The van der Waals surface area contributed by atoms with Crippen LogP contribution in [0.1, 0.15) is 43.9 Å². The molecule has 0 radical (unpaired) electrons. The molecule has 8 nitrogen and oxygen atoms in total. The highest BCUT2D eigenvalue weighted by atomic mass is 35.5. The van der Waals surface area contributed by atoms with Crippen LogP contribution >= 0.6 is 11.6 Å². The Morgan fingerprint density at radius 2 is 1.69 bits per heavy atom. The SMILES string of the molecule is CC[C@@H](C(=O)NCC(C)C)N(Cc1cccc(OC)c1)C(=O)CN(c1ccc(C)c(Cl)c1)S(=O)(=O)c1ccc(C)cc1. The maximum atomic E-state index is 14.2. The minimum Gasteiger partial charge on any atom is -0.497 e. The number of carbonyl (C=O) groups excluding carboxylic acids is 2. The lowest BCUT2D eigenvalue weighted by molar-refractivity contribution is -0.140. The number of ether oxygens (including phenoxy) is 1. The molecule has 3 aromatic carbocycles. The van der Waals surface area contributed by atoms with Gasteiger partial charge in [0.05, 0.1) is 17.7 Å². The van der Waals surface area contributed by atoms with Crippen LogP contribution in [0.2, 0.25) is 5.02 Å². The summed E-state index contributed by atoms with van der Waals surface area (Å²) < 4.78 is 34.4. The fourth-order valence-electron chi connectivity index (χ4n) is 4.41. The number of carbonyl (C=O) groups is 2. The summed E-state index contributed by atoms with van der Waals surface area (Å²) >= 11 is 6.40. The fourth-order valence-corrected chi connectivity index (χ4v) is 5.99. The standard InChI is InChI=1S/C32H40ClN3O5S/c1-7-30(32(38)34-19-22(2)3)35(20-25-9-8-10-27(17-25)41-6)31(37)21-36(26-14-13-24(5)29(33)18-26)42(39,40)28-15-11-23(4)12-16-28/h8-18,22,30H,7,19-21H2,1-6H3,(H,34,38)/t30-/m0/s1. The molecule has 0 saturated carbocycles.